The minimum Gasteiger partial charge on any atom is -0.264 e. The summed E-state index contributed by atoms with van der Waals surface area (Å²) in [7, 11) is 0. The van der Waals surface area contributed by atoms with Gasteiger partial charge in [0.1, 0.15) is 0 Å². The number of aromatic nitrogens is 1. The predicted octanol–water partition coefficient (Wildman–Crippen LogP) is 8.45. The quantitative estimate of drug-likeness (QED) is 0.283. The van der Waals surface area contributed by atoms with Gasteiger partial charge in [-0.15, -0.1) is 11.3 Å². The molecule has 0 aliphatic carbocycles. The van der Waals surface area contributed by atoms with Crippen molar-refractivity contribution in [2.24, 2.45) is 0 Å². The summed E-state index contributed by atoms with van der Waals surface area (Å²) in [6.45, 7) is 0. The summed E-state index contributed by atoms with van der Waals surface area (Å²) in [6.07, 6.45) is 3.72. The van der Waals surface area contributed by atoms with Crippen LogP contribution in [-0.4, -0.2) is 4.98 Å². The predicted molar refractivity (Wildman–Crippen MR) is 133 cm³/mol. The normalized spacial score (nSPS) is 11.2. The van der Waals surface area contributed by atoms with Crippen molar-refractivity contribution in [1.29, 1.82) is 0 Å². The fourth-order valence-corrected chi connectivity index (χ4v) is 5.64. The van der Waals surface area contributed by atoms with Gasteiger partial charge in [0.2, 0.25) is 0 Å². The number of fused-ring (bicyclic) bond motifs is 3. The molecule has 0 aliphatic rings. The summed E-state index contributed by atoms with van der Waals surface area (Å²) in [5.41, 5.74) is 7.43. The molecule has 0 atom stereocenters. The van der Waals surface area contributed by atoms with Crippen molar-refractivity contribution in [3.63, 3.8) is 0 Å². The van der Waals surface area contributed by atoms with Crippen LogP contribution in [0.25, 0.3) is 53.6 Å². The largest absolute Gasteiger partial charge is 0.264 e. The maximum absolute atomic E-state index is 4.24. The van der Waals surface area contributed by atoms with E-state index in [4.69, 9.17) is 0 Å². The second-order valence-corrected chi connectivity index (χ2v) is 8.67. The maximum atomic E-state index is 4.24. The highest BCUT2D eigenvalue weighted by molar-refractivity contribution is 7.26. The number of hydrogen-bond acceptors (Lipinski definition) is 2. The molecule has 0 fully saturated rings. The van der Waals surface area contributed by atoms with Crippen LogP contribution in [-0.2, 0) is 0 Å². The molecule has 0 unspecified atom stereocenters. The van der Waals surface area contributed by atoms with Crippen LogP contribution >= 0.6 is 11.3 Å². The van der Waals surface area contributed by atoms with E-state index in [1.165, 1.54) is 48.0 Å². The Morgan fingerprint density at radius 3 is 1.65 bits per heavy atom. The van der Waals surface area contributed by atoms with Crippen molar-refractivity contribution in [2.75, 3.05) is 0 Å². The summed E-state index contributed by atoms with van der Waals surface area (Å²) in [5.74, 6) is 0. The Morgan fingerprint density at radius 2 is 1.03 bits per heavy atom. The molecule has 0 N–H and O–H groups in total. The number of pyridine rings is 1. The van der Waals surface area contributed by atoms with Crippen molar-refractivity contribution in [3.8, 4) is 33.4 Å². The van der Waals surface area contributed by atoms with Gasteiger partial charge in [-0.3, -0.25) is 4.98 Å². The van der Waals surface area contributed by atoms with Crippen LogP contribution in [0, 0.1) is 0 Å². The average molecular weight is 414 g/mol. The summed E-state index contributed by atoms with van der Waals surface area (Å²) in [6, 6.07) is 36.9. The molecule has 0 bridgehead atoms. The lowest BCUT2D eigenvalue weighted by Gasteiger charge is -2.06. The lowest BCUT2D eigenvalue weighted by atomic mass is 9.99. The van der Waals surface area contributed by atoms with E-state index in [2.05, 4.69) is 102 Å². The van der Waals surface area contributed by atoms with Crippen molar-refractivity contribution >= 4 is 31.5 Å². The molecule has 0 saturated heterocycles. The van der Waals surface area contributed by atoms with E-state index in [0.717, 1.165) is 5.56 Å². The highest BCUT2D eigenvalue weighted by Gasteiger charge is 2.13. The Balaban J connectivity index is 1.52. The third kappa shape index (κ3) is 3.13. The van der Waals surface area contributed by atoms with Crippen LogP contribution in [0.5, 0.6) is 0 Å². The van der Waals surface area contributed by atoms with E-state index < -0.39 is 0 Å². The average Bonchev–Trinajstić information content (AvgIpc) is 3.24. The lowest BCUT2D eigenvalue weighted by molar-refractivity contribution is 1.33. The molecule has 1 nitrogen and oxygen atoms in total. The number of rotatable bonds is 3. The van der Waals surface area contributed by atoms with E-state index in [0.29, 0.717) is 0 Å². The standard InChI is InChI=1S/C29H19NS/c1-2-7-21(8-3-1)24-10-4-12-26-27-13-5-11-25(29(27)31-28(24)26)22-16-14-20(15-17-22)23-9-6-18-30-19-23/h1-19H. The molecular weight excluding hydrogens is 394 g/mol. The molecule has 0 amide bonds. The smallest absolute Gasteiger partial charge is 0.0434 e. The van der Waals surface area contributed by atoms with Gasteiger partial charge in [-0.05, 0) is 39.4 Å². The first-order valence-corrected chi connectivity index (χ1v) is 11.2. The maximum Gasteiger partial charge on any atom is 0.0434 e. The number of benzene rings is 4. The van der Waals surface area contributed by atoms with E-state index >= 15 is 0 Å². The third-order valence-electron chi connectivity index (χ3n) is 5.80. The first-order valence-electron chi connectivity index (χ1n) is 10.4. The zero-order chi connectivity index (χ0) is 20.6. The molecule has 6 aromatic rings. The molecule has 0 aliphatic heterocycles. The number of nitrogens with zero attached hydrogens (tertiary/aromatic N) is 1. The van der Waals surface area contributed by atoms with E-state index in [-0.39, 0.29) is 0 Å². The fraction of sp³-hybridized carbons (Fsp3) is 0. The first-order chi connectivity index (χ1) is 15.4. The van der Waals surface area contributed by atoms with Gasteiger partial charge in [-0.2, -0.15) is 0 Å². The zero-order valence-corrected chi connectivity index (χ0v) is 17.6. The van der Waals surface area contributed by atoms with Crippen LogP contribution in [0.4, 0.5) is 0 Å². The molecule has 2 aromatic heterocycles. The Labute approximate surface area is 185 Å². The molecule has 0 spiro atoms. The van der Waals surface area contributed by atoms with Gasteiger partial charge in [0.15, 0.2) is 0 Å². The molecule has 6 rings (SSSR count). The molecule has 146 valence electrons. The first kappa shape index (κ1) is 18.1. The second kappa shape index (κ2) is 7.50. The number of thiophene rings is 1. The monoisotopic (exact) mass is 413 g/mol. The molecule has 0 radical (unpaired) electrons. The lowest BCUT2D eigenvalue weighted by Crippen LogP contribution is -1.81. The van der Waals surface area contributed by atoms with Crippen molar-refractivity contribution in [1.82, 2.24) is 4.98 Å². The minimum absolute atomic E-state index is 1.14. The van der Waals surface area contributed by atoms with Crippen LogP contribution in [0.2, 0.25) is 0 Å². The Bertz CT molecular complexity index is 1500. The van der Waals surface area contributed by atoms with E-state index in [1.54, 1.807) is 0 Å². The zero-order valence-electron chi connectivity index (χ0n) is 16.8. The highest BCUT2D eigenvalue weighted by atomic mass is 32.1. The SMILES string of the molecule is c1ccc(-c2cccc3c2sc2c(-c4ccc(-c5cccnc5)cc4)cccc23)cc1. The van der Waals surface area contributed by atoms with Gasteiger partial charge in [0.25, 0.3) is 0 Å². The topological polar surface area (TPSA) is 12.9 Å². The molecule has 2 heteroatoms. The van der Waals surface area contributed by atoms with Gasteiger partial charge in [0, 0.05) is 32.6 Å². The molecule has 0 saturated carbocycles. The Hall–Kier alpha value is -3.75. The van der Waals surface area contributed by atoms with Crippen LogP contribution in [0.15, 0.2) is 116 Å². The van der Waals surface area contributed by atoms with Crippen molar-refractivity contribution in [3.05, 3.63) is 116 Å². The summed E-state index contributed by atoms with van der Waals surface area (Å²) >= 11 is 1.90. The van der Waals surface area contributed by atoms with Gasteiger partial charge in [-0.25, -0.2) is 0 Å². The highest BCUT2D eigenvalue weighted by Crippen LogP contribution is 2.43. The van der Waals surface area contributed by atoms with Gasteiger partial charge in [0.05, 0.1) is 0 Å². The molecule has 31 heavy (non-hydrogen) atoms. The van der Waals surface area contributed by atoms with Gasteiger partial charge < -0.3 is 0 Å². The molecule has 4 aromatic carbocycles. The summed E-state index contributed by atoms with van der Waals surface area (Å²) in [5, 5.41) is 2.65. The molecule has 2 heterocycles. The van der Waals surface area contributed by atoms with E-state index in [1.807, 2.05) is 29.8 Å². The Morgan fingerprint density at radius 1 is 0.452 bits per heavy atom. The Kier molecular flexibility index (Phi) is 4.37. The summed E-state index contributed by atoms with van der Waals surface area (Å²) in [4.78, 5) is 4.24. The van der Waals surface area contributed by atoms with Crippen LogP contribution in [0.1, 0.15) is 0 Å². The van der Waals surface area contributed by atoms with Crippen molar-refractivity contribution in [2.45, 2.75) is 0 Å². The third-order valence-corrected chi connectivity index (χ3v) is 7.09. The van der Waals surface area contributed by atoms with Gasteiger partial charge >= 0.3 is 0 Å². The van der Waals surface area contributed by atoms with Gasteiger partial charge in [-0.1, -0.05) is 97.1 Å². The number of hydrogen-bond donors (Lipinski definition) is 0. The molecular formula is C29H19NS. The second-order valence-electron chi connectivity index (χ2n) is 7.65. The minimum atomic E-state index is 1.14. The fourth-order valence-electron chi connectivity index (χ4n) is 4.27. The summed E-state index contributed by atoms with van der Waals surface area (Å²) < 4.78 is 2.69. The van der Waals surface area contributed by atoms with E-state index in [9.17, 15) is 0 Å². The van der Waals surface area contributed by atoms with Crippen molar-refractivity contribution < 1.29 is 0 Å². The van der Waals surface area contributed by atoms with Crippen LogP contribution in [0.3, 0.4) is 0 Å². The van der Waals surface area contributed by atoms with Crippen LogP contribution < -0.4 is 0 Å².